The summed E-state index contributed by atoms with van der Waals surface area (Å²) >= 11 is 6.38. The predicted molar refractivity (Wildman–Crippen MR) is 134 cm³/mol. The van der Waals surface area contributed by atoms with Crippen molar-refractivity contribution in [1.82, 2.24) is 29.4 Å². The van der Waals surface area contributed by atoms with E-state index in [0.29, 0.717) is 33.9 Å². The van der Waals surface area contributed by atoms with Gasteiger partial charge >= 0.3 is 6.18 Å². The van der Waals surface area contributed by atoms with Crippen molar-refractivity contribution >= 4 is 29.1 Å². The minimum Gasteiger partial charge on any atom is -0.348 e. The van der Waals surface area contributed by atoms with E-state index in [9.17, 15) is 22.8 Å². The zero-order chi connectivity index (χ0) is 27.2. The highest BCUT2D eigenvalue weighted by Gasteiger charge is 2.41. The zero-order valence-corrected chi connectivity index (χ0v) is 21.3. The molecule has 8 nitrogen and oxygen atoms in total. The highest BCUT2D eigenvalue weighted by Crippen LogP contribution is 2.33. The number of pyridine rings is 1. The molecule has 0 spiro atoms. The number of amides is 2. The molecule has 5 rings (SSSR count). The molecule has 4 heterocycles. The standard InChI is InChI=1S/C26H24ClF3N6O2/c1-15-11-31-23-20(27)10-17(13-36(15)23)25(38)35-9-8-21(19(14-35)16-6-4-3-5-7-16)33-24(37)18-12-32-34(2)22(18)26(28,29)30/h3-7,10-13,19,21H,8-9,14H2,1-2H3,(H,33,37)/t19-,21-/m1/s1. The summed E-state index contributed by atoms with van der Waals surface area (Å²) < 4.78 is 43.1. The second kappa shape index (κ2) is 9.79. The van der Waals surface area contributed by atoms with Crippen LogP contribution in [0.2, 0.25) is 5.02 Å². The number of carbonyl (C=O) groups excluding carboxylic acids is 2. The minimum absolute atomic E-state index is 0.237. The summed E-state index contributed by atoms with van der Waals surface area (Å²) in [5.41, 5.74) is 0.983. The highest BCUT2D eigenvalue weighted by molar-refractivity contribution is 6.33. The lowest BCUT2D eigenvalue weighted by atomic mass is 9.85. The van der Waals surface area contributed by atoms with Crippen molar-refractivity contribution in [2.45, 2.75) is 31.5 Å². The van der Waals surface area contributed by atoms with Gasteiger partial charge in [0.15, 0.2) is 11.3 Å². The van der Waals surface area contributed by atoms with Crippen LogP contribution in [0.5, 0.6) is 0 Å². The number of hydrogen-bond acceptors (Lipinski definition) is 4. The Morgan fingerprint density at radius 2 is 1.89 bits per heavy atom. The normalized spacial score (nSPS) is 18.1. The number of hydrogen-bond donors (Lipinski definition) is 1. The molecule has 4 aromatic rings. The van der Waals surface area contributed by atoms with Gasteiger partial charge in [0.25, 0.3) is 11.8 Å². The molecular formula is C26H24ClF3N6O2. The third-order valence-electron chi connectivity index (χ3n) is 6.89. The highest BCUT2D eigenvalue weighted by atomic mass is 35.5. The molecule has 1 aromatic carbocycles. The van der Waals surface area contributed by atoms with Gasteiger partial charge in [-0.15, -0.1) is 0 Å². The molecule has 2 atom stereocenters. The molecule has 1 saturated heterocycles. The maximum atomic E-state index is 13.6. The Bertz CT molecular complexity index is 1510. The van der Waals surface area contributed by atoms with Gasteiger partial charge in [-0.05, 0) is 25.0 Å². The Morgan fingerprint density at radius 1 is 1.16 bits per heavy atom. The third kappa shape index (κ3) is 4.73. The molecule has 0 unspecified atom stereocenters. The van der Waals surface area contributed by atoms with Crippen molar-refractivity contribution in [3.8, 4) is 0 Å². The second-order valence-corrected chi connectivity index (χ2v) is 9.74. The molecule has 0 radical (unpaired) electrons. The molecule has 0 bridgehead atoms. The van der Waals surface area contributed by atoms with Crippen molar-refractivity contribution in [2.75, 3.05) is 13.1 Å². The van der Waals surface area contributed by atoms with Crippen molar-refractivity contribution in [2.24, 2.45) is 7.05 Å². The Hall–Kier alpha value is -3.86. The number of carbonyl (C=O) groups is 2. The van der Waals surface area contributed by atoms with Crippen LogP contribution >= 0.6 is 11.6 Å². The van der Waals surface area contributed by atoms with Crippen LogP contribution in [0.15, 0.2) is 55.0 Å². The van der Waals surface area contributed by atoms with E-state index in [-0.39, 0.29) is 18.4 Å². The van der Waals surface area contributed by atoms with Crippen LogP contribution in [-0.4, -0.2) is 55.0 Å². The molecular weight excluding hydrogens is 521 g/mol. The number of aryl methyl sites for hydroxylation is 2. The van der Waals surface area contributed by atoms with Gasteiger partial charge in [0.05, 0.1) is 22.3 Å². The second-order valence-electron chi connectivity index (χ2n) is 9.34. The van der Waals surface area contributed by atoms with Gasteiger partial charge in [0.1, 0.15) is 0 Å². The largest absolute Gasteiger partial charge is 0.433 e. The average Bonchev–Trinajstić information content (AvgIpc) is 3.47. The summed E-state index contributed by atoms with van der Waals surface area (Å²) in [6.07, 6.45) is -0.104. The molecule has 2 amide bonds. The van der Waals surface area contributed by atoms with Crippen LogP contribution in [-0.2, 0) is 13.2 Å². The monoisotopic (exact) mass is 544 g/mol. The van der Waals surface area contributed by atoms with Crippen LogP contribution in [0, 0.1) is 6.92 Å². The van der Waals surface area contributed by atoms with Gasteiger partial charge in [-0.25, -0.2) is 4.98 Å². The Balaban J connectivity index is 1.41. The fraction of sp³-hybridized carbons (Fsp3) is 0.308. The molecule has 0 aliphatic carbocycles. The molecule has 1 aliphatic rings. The van der Waals surface area contributed by atoms with E-state index in [2.05, 4.69) is 15.4 Å². The molecule has 0 saturated carbocycles. The lowest BCUT2D eigenvalue weighted by molar-refractivity contribution is -0.144. The first kappa shape index (κ1) is 25.8. The molecule has 198 valence electrons. The first-order valence-corrected chi connectivity index (χ1v) is 12.3. The Kier molecular flexibility index (Phi) is 6.64. The number of likely N-dealkylation sites (tertiary alicyclic amines) is 1. The number of nitrogens with zero attached hydrogens (tertiary/aromatic N) is 5. The summed E-state index contributed by atoms with van der Waals surface area (Å²) in [7, 11) is 1.14. The maximum absolute atomic E-state index is 13.6. The third-order valence-corrected chi connectivity index (χ3v) is 7.17. The van der Waals surface area contributed by atoms with Gasteiger partial charge < -0.3 is 14.6 Å². The van der Waals surface area contributed by atoms with E-state index in [1.54, 1.807) is 27.8 Å². The Labute approximate surface area is 221 Å². The summed E-state index contributed by atoms with van der Waals surface area (Å²) in [5, 5.41) is 6.77. The van der Waals surface area contributed by atoms with Crippen molar-refractivity contribution < 1.29 is 22.8 Å². The van der Waals surface area contributed by atoms with E-state index in [1.165, 1.54) is 0 Å². The lowest BCUT2D eigenvalue weighted by Gasteiger charge is -2.39. The number of imidazole rings is 1. The number of alkyl halides is 3. The summed E-state index contributed by atoms with van der Waals surface area (Å²) in [6.45, 7) is 2.41. The number of halogens is 4. The van der Waals surface area contributed by atoms with Crippen molar-refractivity contribution in [3.05, 3.63) is 88.1 Å². The fourth-order valence-corrected chi connectivity index (χ4v) is 5.25. The SMILES string of the molecule is Cc1cnc2c(Cl)cc(C(=O)N3CC[C@@H](NC(=O)c4cnn(C)c4C(F)(F)F)[C@@H](c4ccccc4)C3)cn12. The molecule has 12 heteroatoms. The van der Waals surface area contributed by atoms with Crippen LogP contribution in [0.1, 0.15) is 50.0 Å². The van der Waals surface area contributed by atoms with Gasteiger partial charge in [-0.2, -0.15) is 18.3 Å². The van der Waals surface area contributed by atoms with E-state index in [0.717, 1.165) is 24.5 Å². The van der Waals surface area contributed by atoms with Crippen LogP contribution in [0.25, 0.3) is 5.65 Å². The first-order chi connectivity index (χ1) is 18.0. The average molecular weight is 545 g/mol. The van der Waals surface area contributed by atoms with E-state index >= 15 is 0 Å². The van der Waals surface area contributed by atoms with Crippen molar-refractivity contribution in [3.63, 3.8) is 0 Å². The van der Waals surface area contributed by atoms with Gasteiger partial charge in [0.2, 0.25) is 0 Å². The van der Waals surface area contributed by atoms with Crippen LogP contribution < -0.4 is 5.32 Å². The van der Waals surface area contributed by atoms with E-state index in [1.807, 2.05) is 37.3 Å². The summed E-state index contributed by atoms with van der Waals surface area (Å²) in [5.74, 6) is -1.44. The molecule has 1 N–H and O–H groups in total. The van der Waals surface area contributed by atoms with Crippen LogP contribution in [0.4, 0.5) is 13.2 Å². The maximum Gasteiger partial charge on any atom is 0.433 e. The predicted octanol–water partition coefficient (Wildman–Crippen LogP) is 4.48. The Morgan fingerprint density at radius 3 is 2.61 bits per heavy atom. The number of fused-ring (bicyclic) bond motifs is 1. The van der Waals surface area contributed by atoms with Crippen molar-refractivity contribution in [1.29, 1.82) is 0 Å². The molecule has 1 fully saturated rings. The number of rotatable bonds is 4. The quantitative estimate of drug-likeness (QED) is 0.411. The first-order valence-electron chi connectivity index (χ1n) is 11.9. The van der Waals surface area contributed by atoms with Gasteiger partial charge in [-0.3, -0.25) is 14.3 Å². The number of aromatic nitrogens is 4. The van der Waals surface area contributed by atoms with Gasteiger partial charge in [-0.1, -0.05) is 41.9 Å². The minimum atomic E-state index is -4.73. The van der Waals surface area contributed by atoms with Crippen LogP contribution in [0.3, 0.4) is 0 Å². The number of benzene rings is 1. The van der Waals surface area contributed by atoms with Gasteiger partial charge in [0, 0.05) is 50.2 Å². The lowest BCUT2D eigenvalue weighted by Crippen LogP contribution is -2.51. The zero-order valence-electron chi connectivity index (χ0n) is 20.5. The summed E-state index contributed by atoms with van der Waals surface area (Å²) in [6, 6.07) is 10.4. The fourth-order valence-electron chi connectivity index (χ4n) is 5.00. The van der Waals surface area contributed by atoms with E-state index < -0.39 is 29.4 Å². The molecule has 38 heavy (non-hydrogen) atoms. The summed E-state index contributed by atoms with van der Waals surface area (Å²) in [4.78, 5) is 32.5. The number of piperidine rings is 1. The number of nitrogens with one attached hydrogen (secondary N) is 1. The smallest absolute Gasteiger partial charge is 0.348 e. The molecule has 1 aliphatic heterocycles. The van der Waals surface area contributed by atoms with E-state index in [4.69, 9.17) is 11.6 Å². The molecule has 3 aromatic heterocycles. The topological polar surface area (TPSA) is 84.5 Å².